The summed E-state index contributed by atoms with van der Waals surface area (Å²) in [4.78, 5) is 16.8. The Labute approximate surface area is 142 Å². The van der Waals surface area contributed by atoms with Crippen molar-refractivity contribution in [1.82, 2.24) is 9.97 Å². The molecule has 2 aromatic rings. The van der Waals surface area contributed by atoms with Crippen molar-refractivity contribution in [3.05, 3.63) is 60.2 Å². The van der Waals surface area contributed by atoms with Crippen molar-refractivity contribution in [2.24, 2.45) is 9.98 Å². The lowest BCUT2D eigenvalue weighted by molar-refractivity contribution is 0.0541. The minimum atomic E-state index is 0.559. The molecule has 0 spiro atoms. The summed E-state index contributed by atoms with van der Waals surface area (Å²) in [6.07, 6.45) is 6.99. The van der Waals surface area contributed by atoms with Gasteiger partial charge in [0.25, 0.3) is 0 Å². The summed E-state index contributed by atoms with van der Waals surface area (Å²) in [6.45, 7) is 3.50. The van der Waals surface area contributed by atoms with Gasteiger partial charge in [0, 0.05) is 24.8 Å². The van der Waals surface area contributed by atoms with E-state index in [0.717, 1.165) is 11.4 Å². The zero-order chi connectivity index (χ0) is 16.7. The van der Waals surface area contributed by atoms with Crippen molar-refractivity contribution >= 4 is 12.4 Å². The van der Waals surface area contributed by atoms with Crippen LogP contribution in [-0.2, 0) is 9.47 Å². The molecule has 0 radical (unpaired) electrons. The summed E-state index contributed by atoms with van der Waals surface area (Å²) in [7, 11) is 0. The fourth-order valence-electron chi connectivity index (χ4n) is 1.78. The highest BCUT2D eigenvalue weighted by Gasteiger charge is 1.90. The third kappa shape index (κ3) is 8.26. The van der Waals surface area contributed by atoms with Gasteiger partial charge in [-0.05, 0) is 24.3 Å². The number of hydrogen-bond donors (Lipinski definition) is 0. The van der Waals surface area contributed by atoms with Gasteiger partial charge in [0.2, 0.25) is 0 Å². The van der Waals surface area contributed by atoms with Gasteiger partial charge in [0.1, 0.15) is 0 Å². The highest BCUT2D eigenvalue weighted by molar-refractivity contribution is 5.77. The van der Waals surface area contributed by atoms with Gasteiger partial charge >= 0.3 is 0 Å². The zero-order valence-electron chi connectivity index (χ0n) is 13.6. The second kappa shape index (κ2) is 12.0. The molecule has 6 heteroatoms. The molecule has 0 aromatic carbocycles. The average molecular weight is 326 g/mol. The Kier molecular flexibility index (Phi) is 8.98. The van der Waals surface area contributed by atoms with E-state index >= 15 is 0 Å². The van der Waals surface area contributed by atoms with E-state index in [2.05, 4.69) is 20.0 Å². The highest BCUT2D eigenvalue weighted by atomic mass is 16.5. The van der Waals surface area contributed by atoms with Crippen LogP contribution in [0.15, 0.2) is 58.8 Å². The summed E-state index contributed by atoms with van der Waals surface area (Å²) in [5, 5.41) is 0. The monoisotopic (exact) mass is 326 g/mol. The zero-order valence-corrected chi connectivity index (χ0v) is 13.6. The van der Waals surface area contributed by atoms with Crippen LogP contribution in [-0.4, -0.2) is 61.9 Å². The van der Waals surface area contributed by atoms with Crippen molar-refractivity contribution in [3.63, 3.8) is 0 Å². The first-order valence-corrected chi connectivity index (χ1v) is 7.92. The first-order valence-electron chi connectivity index (χ1n) is 7.92. The van der Waals surface area contributed by atoms with Crippen LogP contribution in [0.2, 0.25) is 0 Å². The molecule has 0 aliphatic rings. The van der Waals surface area contributed by atoms with E-state index in [0.29, 0.717) is 39.5 Å². The highest BCUT2D eigenvalue weighted by Crippen LogP contribution is 1.90. The van der Waals surface area contributed by atoms with E-state index in [4.69, 9.17) is 9.47 Å². The molecule has 2 aromatic heterocycles. The summed E-state index contributed by atoms with van der Waals surface area (Å²) in [5.74, 6) is 0. The largest absolute Gasteiger partial charge is 0.377 e. The fourth-order valence-corrected chi connectivity index (χ4v) is 1.78. The Bertz CT molecular complexity index is 547. The summed E-state index contributed by atoms with van der Waals surface area (Å²) in [5.41, 5.74) is 1.71. The Morgan fingerprint density at radius 1 is 0.708 bits per heavy atom. The number of pyridine rings is 2. The molecule has 0 aliphatic heterocycles. The second-order valence-electron chi connectivity index (χ2n) is 4.80. The van der Waals surface area contributed by atoms with Gasteiger partial charge in [-0.2, -0.15) is 0 Å². The molecule has 0 aliphatic carbocycles. The van der Waals surface area contributed by atoms with Gasteiger partial charge in [-0.1, -0.05) is 12.1 Å². The van der Waals surface area contributed by atoms with Crippen LogP contribution >= 0.6 is 0 Å². The minimum Gasteiger partial charge on any atom is -0.377 e. The van der Waals surface area contributed by atoms with Gasteiger partial charge in [-0.15, -0.1) is 0 Å². The molecule has 126 valence electrons. The van der Waals surface area contributed by atoms with Gasteiger partial charge in [0.15, 0.2) is 0 Å². The van der Waals surface area contributed by atoms with Crippen LogP contribution in [0.3, 0.4) is 0 Å². The smallest absolute Gasteiger partial charge is 0.0807 e. The van der Waals surface area contributed by atoms with Gasteiger partial charge in [0.05, 0.1) is 50.9 Å². The van der Waals surface area contributed by atoms with E-state index in [-0.39, 0.29) is 0 Å². The lowest BCUT2D eigenvalue weighted by atomic mass is 10.4. The first kappa shape index (κ1) is 17.9. The predicted octanol–water partition coefficient (Wildman–Crippen LogP) is 2.05. The van der Waals surface area contributed by atoms with E-state index in [1.54, 1.807) is 24.8 Å². The molecule has 0 bridgehead atoms. The average Bonchev–Trinajstić information content (AvgIpc) is 2.64. The van der Waals surface area contributed by atoms with Gasteiger partial charge < -0.3 is 9.47 Å². The number of aromatic nitrogens is 2. The number of rotatable bonds is 11. The van der Waals surface area contributed by atoms with Gasteiger partial charge in [-0.3, -0.25) is 20.0 Å². The maximum absolute atomic E-state index is 5.44. The number of hydrogen-bond acceptors (Lipinski definition) is 6. The lowest BCUT2D eigenvalue weighted by Crippen LogP contribution is -2.09. The molecule has 24 heavy (non-hydrogen) atoms. The Morgan fingerprint density at radius 3 is 1.62 bits per heavy atom. The maximum atomic E-state index is 5.44. The second-order valence-corrected chi connectivity index (χ2v) is 4.80. The van der Waals surface area contributed by atoms with Crippen molar-refractivity contribution in [2.75, 3.05) is 39.5 Å². The minimum absolute atomic E-state index is 0.559. The van der Waals surface area contributed by atoms with Crippen LogP contribution < -0.4 is 0 Å². The van der Waals surface area contributed by atoms with E-state index < -0.39 is 0 Å². The van der Waals surface area contributed by atoms with Crippen molar-refractivity contribution < 1.29 is 9.47 Å². The van der Waals surface area contributed by atoms with Crippen molar-refractivity contribution in [2.45, 2.75) is 0 Å². The molecule has 0 unspecified atom stereocenters. The molecule has 2 heterocycles. The van der Waals surface area contributed by atoms with E-state index in [9.17, 15) is 0 Å². The van der Waals surface area contributed by atoms with Crippen LogP contribution in [0.5, 0.6) is 0 Å². The standard InChI is InChI=1S/C18H22N4O2/c1-3-7-21-17(5-1)15-19-9-11-23-13-14-24-12-10-20-16-18-6-2-4-8-22-18/h1-8,15-16H,9-14H2. The molecule has 6 nitrogen and oxygen atoms in total. The first-order chi connectivity index (χ1) is 11.9. The van der Waals surface area contributed by atoms with Crippen LogP contribution in [0.4, 0.5) is 0 Å². The Morgan fingerprint density at radius 2 is 1.21 bits per heavy atom. The summed E-state index contributed by atoms with van der Waals surface area (Å²) < 4.78 is 10.9. The molecular weight excluding hydrogens is 304 g/mol. The van der Waals surface area contributed by atoms with E-state index in [1.165, 1.54) is 0 Å². The van der Waals surface area contributed by atoms with Gasteiger partial charge in [-0.25, -0.2) is 0 Å². The Balaban J connectivity index is 1.40. The summed E-state index contributed by atoms with van der Waals surface area (Å²) in [6, 6.07) is 11.4. The van der Waals surface area contributed by atoms with Crippen LogP contribution in [0, 0.1) is 0 Å². The summed E-state index contributed by atoms with van der Waals surface area (Å²) >= 11 is 0. The molecule has 0 fully saturated rings. The van der Waals surface area contributed by atoms with Crippen molar-refractivity contribution in [1.29, 1.82) is 0 Å². The SMILES string of the molecule is C(=NCCOCCOCCN=Cc1ccccn1)c1ccccn1. The topological polar surface area (TPSA) is 69.0 Å². The molecular formula is C18H22N4O2. The normalized spacial score (nSPS) is 11.5. The predicted molar refractivity (Wildman–Crippen MR) is 95.0 cm³/mol. The van der Waals surface area contributed by atoms with Crippen LogP contribution in [0.25, 0.3) is 0 Å². The van der Waals surface area contributed by atoms with E-state index in [1.807, 2.05) is 36.4 Å². The quantitative estimate of drug-likeness (QED) is 0.468. The molecule has 0 N–H and O–H groups in total. The van der Waals surface area contributed by atoms with Crippen molar-refractivity contribution in [3.8, 4) is 0 Å². The molecule has 0 saturated carbocycles. The molecule has 0 atom stereocenters. The molecule has 2 rings (SSSR count). The van der Waals surface area contributed by atoms with Crippen LogP contribution in [0.1, 0.15) is 11.4 Å². The number of aliphatic imine (C=N–C) groups is 2. The number of ether oxygens (including phenoxy) is 2. The number of nitrogens with zero attached hydrogens (tertiary/aromatic N) is 4. The maximum Gasteiger partial charge on any atom is 0.0807 e. The molecule has 0 saturated heterocycles. The molecule has 0 amide bonds. The third-order valence-electron chi connectivity index (χ3n) is 2.92. The third-order valence-corrected chi connectivity index (χ3v) is 2.92. The Hall–Kier alpha value is -2.44. The fraction of sp³-hybridized carbons (Fsp3) is 0.333. The lowest BCUT2D eigenvalue weighted by Gasteiger charge is -2.03.